The molecule has 6 nitrogen and oxygen atoms in total. The third-order valence-electron chi connectivity index (χ3n) is 4.80. The highest BCUT2D eigenvalue weighted by atomic mass is 35.5. The van der Waals surface area contributed by atoms with E-state index in [4.69, 9.17) is 0 Å². The largest absolute Gasteiger partial charge is 0.433 e. The minimum Gasteiger partial charge on any atom is -0.433 e. The van der Waals surface area contributed by atoms with Gasteiger partial charge in [-0.3, -0.25) is 4.72 Å². The Morgan fingerprint density at radius 2 is 1.87 bits per heavy atom. The van der Waals surface area contributed by atoms with Crippen molar-refractivity contribution in [3.05, 3.63) is 47.5 Å². The Hall–Kier alpha value is -2.10. The van der Waals surface area contributed by atoms with Crippen LogP contribution in [-0.2, 0) is 16.4 Å². The lowest BCUT2D eigenvalue weighted by atomic mass is 10.1. The summed E-state index contributed by atoms with van der Waals surface area (Å²) in [5.41, 5.74) is 2.59. The van der Waals surface area contributed by atoms with Crippen molar-refractivity contribution in [3.8, 4) is 5.75 Å². The van der Waals surface area contributed by atoms with Crippen LogP contribution in [0.4, 0.5) is 20.2 Å². The number of nitrogens with one attached hydrogen (secondary N) is 2. The number of piperazine rings is 1. The van der Waals surface area contributed by atoms with Gasteiger partial charge in [0.05, 0.1) is 10.6 Å². The maximum Gasteiger partial charge on any atom is 0.387 e. The number of benzene rings is 2. The summed E-state index contributed by atoms with van der Waals surface area (Å²) in [4.78, 5) is 2.23. The van der Waals surface area contributed by atoms with Crippen LogP contribution in [0.3, 0.4) is 0 Å². The Labute approximate surface area is 182 Å². The highest BCUT2D eigenvalue weighted by molar-refractivity contribution is 7.92. The van der Waals surface area contributed by atoms with Crippen LogP contribution in [0, 0.1) is 6.92 Å². The minimum absolute atomic E-state index is 0. The molecule has 0 bridgehead atoms. The van der Waals surface area contributed by atoms with Crippen LogP contribution in [0.25, 0.3) is 0 Å². The number of hydrogen-bond donors (Lipinski definition) is 2. The summed E-state index contributed by atoms with van der Waals surface area (Å²) in [6.45, 7) is 3.91. The van der Waals surface area contributed by atoms with Crippen LogP contribution < -0.4 is 19.7 Å². The number of halogens is 3. The molecule has 10 heteroatoms. The van der Waals surface area contributed by atoms with E-state index < -0.39 is 16.6 Å². The second kappa shape index (κ2) is 10.3. The maximum absolute atomic E-state index is 13.0. The molecule has 1 heterocycles. The van der Waals surface area contributed by atoms with Crippen LogP contribution in [-0.4, -0.2) is 41.2 Å². The number of sulfonamides is 1. The van der Waals surface area contributed by atoms with Gasteiger partial charge in [-0.25, -0.2) is 8.42 Å². The van der Waals surface area contributed by atoms with Crippen molar-refractivity contribution in [1.82, 2.24) is 5.32 Å². The molecule has 1 aliphatic heterocycles. The number of hydrogen-bond acceptors (Lipinski definition) is 5. The number of nitrogens with zero attached hydrogens (tertiary/aromatic N) is 1. The van der Waals surface area contributed by atoms with Crippen molar-refractivity contribution in [2.75, 3.05) is 35.8 Å². The summed E-state index contributed by atoms with van der Waals surface area (Å²) < 4.78 is 58.3. The third-order valence-corrected chi connectivity index (χ3v) is 6.17. The topological polar surface area (TPSA) is 70.7 Å². The van der Waals surface area contributed by atoms with E-state index in [-0.39, 0.29) is 28.7 Å². The monoisotopic (exact) mass is 461 g/mol. The van der Waals surface area contributed by atoms with Gasteiger partial charge in [0, 0.05) is 31.9 Å². The number of aryl methyl sites for hydroxylation is 2. The van der Waals surface area contributed by atoms with E-state index in [1.807, 2.05) is 6.92 Å². The van der Waals surface area contributed by atoms with Gasteiger partial charge in [-0.1, -0.05) is 19.1 Å². The standard InChI is InChI=1S/C20H25F2N3O3S.ClH/c1-3-15-5-6-16(13-18(15)25-10-8-23-9-11-25)29(26,27)24-17-7-4-14(2)12-19(17)28-20(21)22;/h4-7,12-13,20,23-24H,3,8-11H2,1-2H3;1H. The molecule has 0 spiro atoms. The van der Waals surface area contributed by atoms with Crippen molar-refractivity contribution in [2.24, 2.45) is 0 Å². The van der Waals surface area contributed by atoms with Gasteiger partial charge >= 0.3 is 6.61 Å². The van der Waals surface area contributed by atoms with Gasteiger partial charge in [0.15, 0.2) is 0 Å². The molecule has 2 aromatic rings. The molecule has 1 saturated heterocycles. The Morgan fingerprint density at radius 3 is 2.50 bits per heavy atom. The first kappa shape index (κ1) is 24.2. The first-order valence-corrected chi connectivity index (χ1v) is 11.0. The van der Waals surface area contributed by atoms with E-state index in [0.29, 0.717) is 5.56 Å². The average molecular weight is 462 g/mol. The molecular formula is C20H26ClF2N3O3S. The lowest BCUT2D eigenvalue weighted by Gasteiger charge is -2.31. The lowest BCUT2D eigenvalue weighted by molar-refractivity contribution is -0.0493. The van der Waals surface area contributed by atoms with E-state index in [1.54, 1.807) is 25.1 Å². The maximum atomic E-state index is 13.0. The molecule has 30 heavy (non-hydrogen) atoms. The van der Waals surface area contributed by atoms with Crippen LogP contribution in [0.1, 0.15) is 18.1 Å². The van der Waals surface area contributed by atoms with Gasteiger partial charge in [0.25, 0.3) is 10.0 Å². The second-order valence-corrected chi connectivity index (χ2v) is 8.55. The smallest absolute Gasteiger partial charge is 0.387 e. The van der Waals surface area contributed by atoms with E-state index >= 15 is 0 Å². The average Bonchev–Trinajstić information content (AvgIpc) is 2.69. The number of rotatable bonds is 7. The quantitative estimate of drug-likeness (QED) is 0.656. The Bertz CT molecular complexity index is 968. The first-order valence-electron chi connectivity index (χ1n) is 9.47. The predicted octanol–water partition coefficient (Wildman–Crippen LogP) is 3.79. The second-order valence-electron chi connectivity index (χ2n) is 6.86. The highest BCUT2D eigenvalue weighted by Crippen LogP contribution is 2.31. The molecule has 0 atom stereocenters. The van der Waals surface area contributed by atoms with Crippen molar-refractivity contribution in [2.45, 2.75) is 31.8 Å². The van der Waals surface area contributed by atoms with Crippen LogP contribution in [0.15, 0.2) is 41.3 Å². The SMILES string of the molecule is CCc1ccc(S(=O)(=O)Nc2ccc(C)cc2OC(F)F)cc1N1CCNCC1.Cl. The summed E-state index contributed by atoms with van der Waals surface area (Å²) >= 11 is 0. The Kier molecular flexibility index (Phi) is 8.28. The fourth-order valence-electron chi connectivity index (χ4n) is 3.32. The molecule has 0 radical (unpaired) electrons. The zero-order valence-electron chi connectivity index (χ0n) is 16.8. The highest BCUT2D eigenvalue weighted by Gasteiger charge is 2.21. The van der Waals surface area contributed by atoms with Crippen LogP contribution in [0.5, 0.6) is 5.75 Å². The first-order chi connectivity index (χ1) is 13.8. The normalized spacial score (nSPS) is 14.4. The van der Waals surface area contributed by atoms with Gasteiger partial charge in [0.2, 0.25) is 0 Å². The van der Waals surface area contributed by atoms with Gasteiger partial charge in [-0.05, 0) is 48.7 Å². The summed E-state index contributed by atoms with van der Waals surface area (Å²) in [6.07, 6.45) is 0.775. The number of ether oxygens (including phenoxy) is 1. The van der Waals surface area contributed by atoms with Crippen molar-refractivity contribution in [3.63, 3.8) is 0 Å². The van der Waals surface area contributed by atoms with Crippen LogP contribution >= 0.6 is 12.4 Å². The van der Waals surface area contributed by atoms with E-state index in [0.717, 1.165) is 43.9 Å². The lowest BCUT2D eigenvalue weighted by Crippen LogP contribution is -2.44. The summed E-state index contributed by atoms with van der Waals surface area (Å²) in [7, 11) is -3.99. The molecule has 0 saturated carbocycles. The molecule has 2 N–H and O–H groups in total. The zero-order chi connectivity index (χ0) is 21.0. The van der Waals surface area contributed by atoms with E-state index in [1.165, 1.54) is 18.2 Å². The molecule has 166 valence electrons. The Balaban J connectivity index is 0.00000320. The zero-order valence-corrected chi connectivity index (χ0v) is 18.5. The summed E-state index contributed by atoms with van der Waals surface area (Å²) in [6, 6.07) is 9.40. The fraction of sp³-hybridized carbons (Fsp3) is 0.400. The number of alkyl halides is 2. The molecule has 0 unspecified atom stereocenters. The molecular weight excluding hydrogens is 436 g/mol. The molecule has 0 aromatic heterocycles. The summed E-state index contributed by atoms with van der Waals surface area (Å²) in [5, 5.41) is 3.28. The van der Waals surface area contributed by atoms with Gasteiger partial charge in [0.1, 0.15) is 5.75 Å². The van der Waals surface area contributed by atoms with E-state index in [9.17, 15) is 17.2 Å². The molecule has 2 aromatic carbocycles. The van der Waals surface area contributed by atoms with Crippen LogP contribution in [0.2, 0.25) is 0 Å². The molecule has 1 aliphatic rings. The Morgan fingerprint density at radius 1 is 1.17 bits per heavy atom. The molecule has 3 rings (SSSR count). The van der Waals surface area contributed by atoms with Crippen molar-refractivity contribution >= 4 is 33.8 Å². The van der Waals surface area contributed by atoms with Gasteiger partial charge < -0.3 is 15.0 Å². The number of anilines is 2. The third kappa shape index (κ3) is 5.74. The molecule has 0 aliphatic carbocycles. The van der Waals surface area contributed by atoms with Gasteiger partial charge in [-0.15, -0.1) is 12.4 Å². The predicted molar refractivity (Wildman–Crippen MR) is 117 cm³/mol. The van der Waals surface area contributed by atoms with E-state index in [2.05, 4.69) is 19.7 Å². The molecule has 1 fully saturated rings. The van der Waals surface area contributed by atoms with Crippen molar-refractivity contribution in [1.29, 1.82) is 0 Å². The van der Waals surface area contributed by atoms with Gasteiger partial charge in [-0.2, -0.15) is 8.78 Å². The minimum atomic E-state index is -3.99. The summed E-state index contributed by atoms with van der Waals surface area (Å²) in [5.74, 6) is -0.212. The van der Waals surface area contributed by atoms with Crippen molar-refractivity contribution < 1.29 is 21.9 Å². The molecule has 0 amide bonds. The fourth-order valence-corrected chi connectivity index (χ4v) is 4.41.